The van der Waals surface area contributed by atoms with Crippen LogP contribution in [-0.4, -0.2) is 89.4 Å². The number of hydrogen-bond donors (Lipinski definition) is 0. The minimum atomic E-state index is -0.594. The van der Waals surface area contributed by atoms with Crippen LogP contribution in [-0.2, 0) is 32.0 Å². The summed E-state index contributed by atoms with van der Waals surface area (Å²) in [6.07, 6.45) is 2.80. The van der Waals surface area contributed by atoms with Gasteiger partial charge in [0.25, 0.3) is 0 Å². The fourth-order valence-corrected chi connectivity index (χ4v) is 6.64. The molecule has 0 aromatic heterocycles. The van der Waals surface area contributed by atoms with Crippen LogP contribution in [0.4, 0.5) is 10.5 Å². The van der Waals surface area contributed by atoms with Gasteiger partial charge in [-0.15, -0.1) is 0 Å². The van der Waals surface area contributed by atoms with E-state index in [-0.39, 0.29) is 24.0 Å². The number of hydrogen-bond acceptors (Lipinski definition) is 9. The van der Waals surface area contributed by atoms with Crippen molar-refractivity contribution >= 4 is 17.7 Å². The first-order valence-electron chi connectivity index (χ1n) is 18.2. The highest BCUT2D eigenvalue weighted by molar-refractivity contribution is 5.96. The summed E-state index contributed by atoms with van der Waals surface area (Å²) in [4.78, 5) is 29.6. The van der Waals surface area contributed by atoms with Crippen molar-refractivity contribution < 1.29 is 42.7 Å². The Balaban J connectivity index is 1.23. The number of methoxy groups -OCH3 is 3. The Morgan fingerprint density at radius 3 is 2.29 bits per heavy atom. The summed E-state index contributed by atoms with van der Waals surface area (Å²) in [6.45, 7) is 9.07. The van der Waals surface area contributed by atoms with Gasteiger partial charge in [-0.3, -0.25) is 4.79 Å². The molecule has 0 radical (unpaired) electrons. The maximum absolute atomic E-state index is 13.1. The summed E-state index contributed by atoms with van der Waals surface area (Å²) in [5.74, 6) is 2.77. The number of aryl methyl sites for hydroxylation is 1. The molecule has 0 bridgehead atoms. The number of benzene rings is 3. The highest BCUT2D eigenvalue weighted by Gasteiger charge is 2.35. The van der Waals surface area contributed by atoms with Crippen molar-refractivity contribution in [3.8, 4) is 23.0 Å². The molecular weight excluding hydrogens is 664 g/mol. The van der Waals surface area contributed by atoms with Crippen LogP contribution in [0.1, 0.15) is 69.1 Å². The number of nitrogens with zero attached hydrogens (tertiary/aromatic N) is 2. The van der Waals surface area contributed by atoms with E-state index in [1.54, 1.807) is 26.2 Å². The van der Waals surface area contributed by atoms with Crippen LogP contribution in [0.25, 0.3) is 0 Å². The maximum Gasteiger partial charge on any atom is 0.410 e. The summed E-state index contributed by atoms with van der Waals surface area (Å²) in [7, 11) is 4.88. The van der Waals surface area contributed by atoms with Gasteiger partial charge in [0.05, 0.1) is 46.7 Å². The number of fused-ring (bicyclic) bond motifs is 1. The van der Waals surface area contributed by atoms with Crippen LogP contribution in [0.15, 0.2) is 60.7 Å². The predicted octanol–water partition coefficient (Wildman–Crippen LogP) is 7.18. The summed E-state index contributed by atoms with van der Waals surface area (Å²) < 4.78 is 40.4. The van der Waals surface area contributed by atoms with Gasteiger partial charge in [-0.2, -0.15) is 0 Å². The van der Waals surface area contributed by atoms with E-state index >= 15 is 0 Å². The first-order chi connectivity index (χ1) is 25.1. The molecule has 11 heteroatoms. The third-order valence-electron chi connectivity index (χ3n) is 9.25. The number of piperidine rings is 1. The summed E-state index contributed by atoms with van der Waals surface area (Å²) >= 11 is 0. The van der Waals surface area contributed by atoms with Crippen LogP contribution in [0, 0.1) is 0 Å². The first-order valence-corrected chi connectivity index (χ1v) is 18.2. The van der Waals surface area contributed by atoms with Crippen LogP contribution in [0.2, 0.25) is 0 Å². The average molecular weight is 719 g/mol. The largest absolute Gasteiger partial charge is 0.493 e. The zero-order valence-corrected chi connectivity index (χ0v) is 31.5. The van der Waals surface area contributed by atoms with Gasteiger partial charge in [0.2, 0.25) is 11.7 Å². The molecule has 3 aromatic carbocycles. The summed E-state index contributed by atoms with van der Waals surface area (Å²) in [5.41, 5.74) is 3.62. The lowest BCUT2D eigenvalue weighted by molar-refractivity contribution is -0.118. The smallest absolute Gasteiger partial charge is 0.410 e. The zero-order valence-electron chi connectivity index (χ0n) is 31.5. The SMILES string of the molecule is COCCCN1C(=O)CCc2ccc(COC3CN(C(=O)OC(C)(C)C)CCC3c3ccc(OCCCOc4c(OC)cccc4OC)cc3)cc21. The Kier molecular flexibility index (Phi) is 13.7. The number of anilines is 1. The maximum atomic E-state index is 13.1. The lowest BCUT2D eigenvalue weighted by Gasteiger charge is -2.39. The quantitative estimate of drug-likeness (QED) is 0.143. The van der Waals surface area contributed by atoms with Gasteiger partial charge in [-0.1, -0.05) is 30.3 Å². The topological polar surface area (TPSA) is 105 Å². The molecule has 2 unspecified atom stereocenters. The molecule has 2 aliphatic rings. The van der Waals surface area contributed by atoms with Gasteiger partial charge in [-0.25, -0.2) is 4.79 Å². The fourth-order valence-electron chi connectivity index (χ4n) is 6.64. The highest BCUT2D eigenvalue weighted by Crippen LogP contribution is 2.37. The van der Waals surface area contributed by atoms with Crippen molar-refractivity contribution in [3.05, 3.63) is 77.4 Å². The first kappa shape index (κ1) is 38.7. The number of likely N-dealkylation sites (tertiary alicyclic amines) is 1. The second-order valence-corrected chi connectivity index (χ2v) is 14.1. The van der Waals surface area contributed by atoms with E-state index in [4.69, 9.17) is 33.2 Å². The molecule has 2 atom stereocenters. The molecule has 11 nitrogen and oxygen atoms in total. The number of ether oxygens (including phenoxy) is 7. The van der Waals surface area contributed by atoms with E-state index in [0.717, 1.165) is 41.8 Å². The summed E-state index contributed by atoms with van der Waals surface area (Å²) in [6, 6.07) is 19.9. The minimum absolute atomic E-state index is 0.0571. The Morgan fingerprint density at radius 2 is 1.60 bits per heavy atom. The van der Waals surface area contributed by atoms with Gasteiger partial charge < -0.3 is 43.0 Å². The van der Waals surface area contributed by atoms with Crippen molar-refractivity contribution in [3.63, 3.8) is 0 Å². The predicted molar refractivity (Wildman–Crippen MR) is 199 cm³/mol. The standard InChI is InChI=1S/C41H54N2O9/c1-41(2,3)52-40(45)42-22-20-33(30-14-17-32(18-15-30)49-24-9-25-50-39-35(47-5)10-7-11-36(39)48-6)37(27-42)51-28-29-12-13-31-16-19-38(44)43(34(31)26-29)21-8-23-46-4/h7,10-15,17-18,26,33,37H,8-9,16,19-25,27-28H2,1-6H3. The van der Waals surface area contributed by atoms with Gasteiger partial charge in [0, 0.05) is 51.3 Å². The van der Waals surface area contributed by atoms with Crippen LogP contribution in [0.5, 0.6) is 23.0 Å². The normalized spacial score (nSPS) is 17.4. The van der Waals surface area contributed by atoms with Crippen molar-refractivity contribution in [2.45, 2.75) is 77.1 Å². The van der Waals surface area contributed by atoms with Crippen molar-refractivity contribution in [1.29, 1.82) is 0 Å². The molecule has 1 saturated heterocycles. The van der Waals surface area contributed by atoms with Gasteiger partial charge in [-0.05, 0) is 87.1 Å². The second-order valence-electron chi connectivity index (χ2n) is 14.1. The molecular formula is C41H54N2O9. The molecule has 0 spiro atoms. The van der Waals surface area contributed by atoms with E-state index in [0.29, 0.717) is 76.2 Å². The minimum Gasteiger partial charge on any atom is -0.493 e. The van der Waals surface area contributed by atoms with E-state index in [1.807, 2.05) is 56.0 Å². The Morgan fingerprint density at radius 1 is 0.865 bits per heavy atom. The number of para-hydroxylation sites is 1. The van der Waals surface area contributed by atoms with Crippen molar-refractivity contribution in [2.24, 2.45) is 0 Å². The molecule has 2 aliphatic heterocycles. The van der Waals surface area contributed by atoms with Crippen LogP contribution in [0.3, 0.4) is 0 Å². The molecule has 0 N–H and O–H groups in total. The lowest BCUT2D eigenvalue weighted by atomic mass is 9.87. The Labute approximate surface area is 308 Å². The molecule has 0 saturated carbocycles. The molecule has 2 amide bonds. The van der Waals surface area contributed by atoms with Crippen molar-refractivity contribution in [1.82, 2.24) is 4.90 Å². The second kappa shape index (κ2) is 18.3. The van der Waals surface area contributed by atoms with E-state index in [9.17, 15) is 9.59 Å². The monoisotopic (exact) mass is 718 g/mol. The van der Waals surface area contributed by atoms with Gasteiger partial charge in [0.15, 0.2) is 11.5 Å². The Bertz CT molecular complexity index is 1600. The number of rotatable bonds is 16. The van der Waals surface area contributed by atoms with E-state index in [2.05, 4.69) is 30.3 Å². The van der Waals surface area contributed by atoms with E-state index in [1.165, 1.54) is 5.56 Å². The number of carbonyl (C=O) groups excluding carboxylic acids is 2. The molecule has 5 rings (SSSR count). The zero-order chi connectivity index (χ0) is 37.1. The van der Waals surface area contributed by atoms with Gasteiger partial charge >= 0.3 is 6.09 Å². The molecule has 282 valence electrons. The van der Waals surface area contributed by atoms with Gasteiger partial charge in [0.1, 0.15) is 11.4 Å². The third-order valence-corrected chi connectivity index (χ3v) is 9.25. The molecule has 2 heterocycles. The average Bonchev–Trinajstić information content (AvgIpc) is 3.14. The van der Waals surface area contributed by atoms with E-state index < -0.39 is 5.60 Å². The molecule has 3 aromatic rings. The number of carbonyl (C=O) groups is 2. The molecule has 1 fully saturated rings. The molecule has 52 heavy (non-hydrogen) atoms. The Hall–Kier alpha value is -4.48. The van der Waals surface area contributed by atoms with Crippen molar-refractivity contribution in [2.75, 3.05) is 65.7 Å². The van der Waals surface area contributed by atoms with Crippen LogP contribution >= 0.6 is 0 Å². The summed E-state index contributed by atoms with van der Waals surface area (Å²) in [5, 5.41) is 0. The third kappa shape index (κ3) is 10.3. The fraction of sp³-hybridized carbons (Fsp3) is 0.512. The molecule has 0 aliphatic carbocycles. The number of amides is 2. The highest BCUT2D eigenvalue weighted by atomic mass is 16.6. The lowest BCUT2D eigenvalue weighted by Crippen LogP contribution is -2.48. The van der Waals surface area contributed by atoms with Crippen LogP contribution < -0.4 is 23.8 Å².